The molecule has 0 N–H and O–H groups in total. The molecule has 0 aromatic rings. The number of esters is 1. The van der Waals surface area contributed by atoms with E-state index in [-0.39, 0.29) is 35.7 Å². The molecular formula is C24H41NO3. The van der Waals surface area contributed by atoms with E-state index in [1.807, 2.05) is 0 Å². The van der Waals surface area contributed by atoms with Crippen LogP contribution in [-0.4, -0.2) is 41.4 Å². The van der Waals surface area contributed by atoms with Gasteiger partial charge in [-0.15, -0.1) is 0 Å². The Morgan fingerprint density at radius 3 is 2.61 bits per heavy atom. The molecular weight excluding hydrogens is 350 g/mol. The number of carbonyl (C=O) groups is 1. The lowest BCUT2D eigenvalue weighted by atomic mass is 9.75. The van der Waals surface area contributed by atoms with E-state index in [0.717, 1.165) is 19.4 Å². The molecule has 4 nitrogen and oxygen atoms in total. The fraction of sp³-hybridized carbons (Fsp3) is 0.958. The summed E-state index contributed by atoms with van der Waals surface area (Å²) in [4.78, 5) is 15.6. The van der Waals surface area contributed by atoms with Crippen LogP contribution in [0.4, 0.5) is 0 Å². The summed E-state index contributed by atoms with van der Waals surface area (Å²) in [6.07, 6.45) is 6.83. The van der Waals surface area contributed by atoms with Gasteiger partial charge >= 0.3 is 5.97 Å². The van der Waals surface area contributed by atoms with Crippen molar-refractivity contribution in [1.29, 1.82) is 0 Å². The minimum atomic E-state index is -0.347. The van der Waals surface area contributed by atoms with Gasteiger partial charge < -0.3 is 9.47 Å². The molecule has 3 saturated heterocycles. The number of hydrogen-bond donors (Lipinski definition) is 0. The molecule has 4 aliphatic rings. The summed E-state index contributed by atoms with van der Waals surface area (Å²) in [5.41, 5.74) is 0.135. The van der Waals surface area contributed by atoms with Gasteiger partial charge in [0, 0.05) is 11.6 Å². The van der Waals surface area contributed by atoms with E-state index in [2.05, 4.69) is 46.4 Å². The van der Waals surface area contributed by atoms with Crippen molar-refractivity contribution in [1.82, 2.24) is 4.90 Å². The number of nitrogens with zero attached hydrogens (tertiary/aromatic N) is 1. The van der Waals surface area contributed by atoms with Crippen LogP contribution in [0.2, 0.25) is 0 Å². The molecule has 3 heterocycles. The Kier molecular flexibility index (Phi) is 5.59. The predicted octanol–water partition coefficient (Wildman–Crippen LogP) is 4.86. The van der Waals surface area contributed by atoms with Crippen LogP contribution in [0.5, 0.6) is 0 Å². The van der Waals surface area contributed by atoms with Gasteiger partial charge in [0.1, 0.15) is 0 Å². The van der Waals surface area contributed by atoms with Gasteiger partial charge in [-0.3, -0.25) is 9.69 Å². The highest BCUT2D eigenvalue weighted by atomic mass is 16.7. The van der Waals surface area contributed by atoms with Crippen LogP contribution in [0, 0.1) is 35.5 Å². The fourth-order valence-electron chi connectivity index (χ4n) is 6.75. The summed E-state index contributed by atoms with van der Waals surface area (Å²) < 4.78 is 12.7. The van der Waals surface area contributed by atoms with Crippen LogP contribution < -0.4 is 0 Å². The van der Waals surface area contributed by atoms with Gasteiger partial charge in [0.2, 0.25) is 6.29 Å². The lowest BCUT2D eigenvalue weighted by Crippen LogP contribution is -2.52. The van der Waals surface area contributed by atoms with Crippen LogP contribution >= 0.6 is 0 Å². The Morgan fingerprint density at radius 2 is 1.89 bits per heavy atom. The number of hydrogen-bond acceptors (Lipinski definition) is 4. The summed E-state index contributed by atoms with van der Waals surface area (Å²) in [6.45, 7) is 15.2. The van der Waals surface area contributed by atoms with E-state index in [4.69, 9.17) is 9.47 Å². The molecule has 1 saturated carbocycles. The Morgan fingerprint density at radius 1 is 1.14 bits per heavy atom. The SMILES string of the molecule is CC(C)[C@@H]1CC[C@@H](C)C[C@H]1O[C@@H]1OC(=O)[C@H]2C[C@H](C)C(C)(C)N3CCC[C@H]3[C@@H]12. The first kappa shape index (κ1) is 20.7. The number of cyclic esters (lactones) is 1. The molecule has 160 valence electrons. The lowest BCUT2D eigenvalue weighted by Gasteiger charge is -2.44. The van der Waals surface area contributed by atoms with Gasteiger partial charge in [-0.05, 0) is 76.2 Å². The molecule has 0 bridgehead atoms. The van der Waals surface area contributed by atoms with E-state index >= 15 is 0 Å². The van der Waals surface area contributed by atoms with Crippen LogP contribution in [0.1, 0.15) is 80.1 Å². The van der Waals surface area contributed by atoms with Crippen molar-refractivity contribution in [2.75, 3.05) is 6.54 Å². The zero-order valence-electron chi connectivity index (χ0n) is 18.8. The van der Waals surface area contributed by atoms with Crippen molar-refractivity contribution in [3.63, 3.8) is 0 Å². The molecule has 4 fully saturated rings. The highest BCUT2D eigenvalue weighted by Crippen LogP contribution is 2.50. The molecule has 3 aliphatic heterocycles. The molecule has 0 amide bonds. The summed E-state index contributed by atoms with van der Waals surface area (Å²) in [5, 5.41) is 0. The van der Waals surface area contributed by atoms with E-state index in [1.54, 1.807) is 0 Å². The molecule has 0 aromatic heterocycles. The summed E-state index contributed by atoms with van der Waals surface area (Å²) in [5.74, 6) is 2.57. The smallest absolute Gasteiger partial charge is 0.311 e. The number of ether oxygens (including phenoxy) is 2. The molecule has 1 aliphatic carbocycles. The van der Waals surface area contributed by atoms with E-state index in [1.165, 1.54) is 25.7 Å². The zero-order valence-corrected chi connectivity index (χ0v) is 18.8. The van der Waals surface area contributed by atoms with Crippen molar-refractivity contribution >= 4 is 5.97 Å². The maximum absolute atomic E-state index is 12.9. The maximum atomic E-state index is 12.9. The second-order valence-corrected chi connectivity index (χ2v) is 11.2. The molecule has 0 spiro atoms. The molecule has 8 atom stereocenters. The molecule has 4 heteroatoms. The standard InChI is InChI=1S/C24H41NO3/c1-14(2)17-10-9-15(3)12-20(17)27-23-21-18(22(26)28-23)13-16(4)24(5,6)25-11-7-8-19(21)25/h14-21,23H,7-13H2,1-6H3/t15-,16+,17+,18+,19+,20-,21+,23-/m1/s1. The van der Waals surface area contributed by atoms with Gasteiger partial charge in [0.05, 0.1) is 17.9 Å². The first-order valence-corrected chi connectivity index (χ1v) is 11.8. The second-order valence-electron chi connectivity index (χ2n) is 11.2. The van der Waals surface area contributed by atoms with Gasteiger partial charge in [0.15, 0.2) is 0 Å². The maximum Gasteiger partial charge on any atom is 0.311 e. The van der Waals surface area contributed by atoms with Gasteiger partial charge in [-0.25, -0.2) is 0 Å². The van der Waals surface area contributed by atoms with E-state index < -0.39 is 0 Å². The minimum absolute atomic E-state index is 0.00338. The quantitative estimate of drug-likeness (QED) is 0.644. The average Bonchev–Trinajstić information content (AvgIpc) is 3.18. The predicted molar refractivity (Wildman–Crippen MR) is 111 cm³/mol. The van der Waals surface area contributed by atoms with Crippen molar-refractivity contribution in [3.05, 3.63) is 0 Å². The van der Waals surface area contributed by atoms with Crippen LogP contribution in [0.3, 0.4) is 0 Å². The monoisotopic (exact) mass is 391 g/mol. The number of rotatable bonds is 3. The lowest BCUT2D eigenvalue weighted by molar-refractivity contribution is -0.201. The zero-order chi connectivity index (χ0) is 20.2. The minimum Gasteiger partial charge on any atom is -0.435 e. The van der Waals surface area contributed by atoms with Crippen LogP contribution in [0.25, 0.3) is 0 Å². The van der Waals surface area contributed by atoms with E-state index in [0.29, 0.717) is 29.7 Å². The van der Waals surface area contributed by atoms with Crippen molar-refractivity contribution in [3.8, 4) is 0 Å². The topological polar surface area (TPSA) is 38.8 Å². The summed E-state index contributed by atoms with van der Waals surface area (Å²) in [7, 11) is 0. The summed E-state index contributed by atoms with van der Waals surface area (Å²) in [6, 6.07) is 0.417. The van der Waals surface area contributed by atoms with Gasteiger partial charge in [0.25, 0.3) is 0 Å². The highest BCUT2D eigenvalue weighted by Gasteiger charge is 2.58. The van der Waals surface area contributed by atoms with Gasteiger partial charge in [-0.2, -0.15) is 0 Å². The molecule has 28 heavy (non-hydrogen) atoms. The fourth-order valence-corrected chi connectivity index (χ4v) is 6.75. The molecule has 4 rings (SSSR count). The highest BCUT2D eigenvalue weighted by molar-refractivity contribution is 5.75. The third kappa shape index (κ3) is 3.43. The Bertz CT molecular complexity index is 588. The number of fused-ring (bicyclic) bond motifs is 3. The summed E-state index contributed by atoms with van der Waals surface area (Å²) >= 11 is 0. The first-order valence-electron chi connectivity index (χ1n) is 11.8. The van der Waals surface area contributed by atoms with Crippen LogP contribution in [-0.2, 0) is 14.3 Å². The van der Waals surface area contributed by atoms with Gasteiger partial charge in [-0.1, -0.05) is 34.1 Å². The van der Waals surface area contributed by atoms with E-state index in [9.17, 15) is 4.79 Å². The Hall–Kier alpha value is -0.610. The van der Waals surface area contributed by atoms with Crippen molar-refractivity contribution in [2.45, 2.75) is 104 Å². The van der Waals surface area contributed by atoms with Crippen molar-refractivity contribution < 1.29 is 14.3 Å². The normalized spacial score (nSPS) is 46.2. The Balaban J connectivity index is 1.59. The molecule has 0 unspecified atom stereocenters. The average molecular weight is 392 g/mol. The number of carbonyl (C=O) groups excluding carboxylic acids is 1. The third-order valence-corrected chi connectivity index (χ3v) is 8.88. The largest absolute Gasteiger partial charge is 0.435 e. The molecule has 0 radical (unpaired) electrons. The molecule has 0 aromatic carbocycles. The van der Waals surface area contributed by atoms with Crippen LogP contribution in [0.15, 0.2) is 0 Å². The Labute approximate surface area is 171 Å². The second kappa shape index (κ2) is 7.58. The van der Waals surface area contributed by atoms with Crippen molar-refractivity contribution in [2.24, 2.45) is 35.5 Å². The third-order valence-electron chi connectivity index (χ3n) is 8.88. The first-order chi connectivity index (χ1) is 13.2.